The van der Waals surface area contributed by atoms with Crippen LogP contribution in [-0.4, -0.2) is 29.4 Å². The van der Waals surface area contributed by atoms with Gasteiger partial charge in [0.05, 0.1) is 11.1 Å². The SMILES string of the molecule is CSc1ccc(C2C(Cl)C(=O)C2NC(=O)c2sc3ccc(Oc4ccccc4)cc3c2Cl)cc1. The molecule has 8 heteroatoms. The summed E-state index contributed by atoms with van der Waals surface area (Å²) in [4.78, 5) is 27.1. The minimum absolute atomic E-state index is 0.190. The van der Waals surface area contributed by atoms with Gasteiger partial charge in [-0.05, 0) is 54.3 Å². The molecule has 4 aromatic rings. The number of hydrogen-bond donors (Lipinski definition) is 1. The lowest BCUT2D eigenvalue weighted by Gasteiger charge is -2.40. The smallest absolute Gasteiger partial charge is 0.263 e. The molecule has 1 saturated carbocycles. The number of ketones is 1. The predicted molar refractivity (Wildman–Crippen MR) is 140 cm³/mol. The number of benzene rings is 3. The zero-order valence-electron chi connectivity index (χ0n) is 18.0. The highest BCUT2D eigenvalue weighted by atomic mass is 35.5. The second kappa shape index (κ2) is 9.62. The monoisotopic (exact) mass is 527 g/mol. The van der Waals surface area contributed by atoms with Crippen LogP contribution in [0, 0.1) is 0 Å². The largest absolute Gasteiger partial charge is 0.457 e. The van der Waals surface area contributed by atoms with Crippen LogP contribution < -0.4 is 10.1 Å². The van der Waals surface area contributed by atoms with Gasteiger partial charge in [0, 0.05) is 20.9 Å². The highest BCUT2D eigenvalue weighted by molar-refractivity contribution is 7.98. The molecule has 0 spiro atoms. The van der Waals surface area contributed by atoms with Crippen molar-refractivity contribution in [3.63, 3.8) is 0 Å². The fourth-order valence-electron chi connectivity index (χ4n) is 4.01. The van der Waals surface area contributed by atoms with Crippen molar-refractivity contribution >= 4 is 68.1 Å². The molecule has 1 heterocycles. The maximum atomic E-state index is 13.1. The van der Waals surface area contributed by atoms with E-state index in [9.17, 15) is 9.59 Å². The van der Waals surface area contributed by atoms with Crippen molar-refractivity contribution in [1.82, 2.24) is 5.32 Å². The van der Waals surface area contributed by atoms with Gasteiger partial charge in [-0.3, -0.25) is 9.59 Å². The number of Topliss-reactive ketones (excluding diaryl/α,β-unsaturated/α-hetero) is 1. The molecule has 3 aromatic carbocycles. The van der Waals surface area contributed by atoms with Gasteiger partial charge in [-0.25, -0.2) is 0 Å². The van der Waals surface area contributed by atoms with E-state index in [4.69, 9.17) is 27.9 Å². The summed E-state index contributed by atoms with van der Waals surface area (Å²) in [6.45, 7) is 0. The number of halogens is 2. The standard InChI is InChI=1S/C26H19Cl2NO3S2/c1-33-17-10-7-14(8-11-17)20-22(28)24(30)23(20)29-26(31)25-21(27)18-13-16(9-12-19(18)34-25)32-15-5-3-2-4-6-15/h2-13,20,22-23H,1H3,(H,29,31). The van der Waals surface area contributed by atoms with Gasteiger partial charge in [0.15, 0.2) is 5.78 Å². The number of hydrogen-bond acceptors (Lipinski definition) is 5. The molecule has 1 aliphatic rings. The van der Waals surface area contributed by atoms with Crippen molar-refractivity contribution in [1.29, 1.82) is 0 Å². The highest BCUT2D eigenvalue weighted by Crippen LogP contribution is 2.41. The Bertz CT molecular complexity index is 1370. The number of rotatable bonds is 6. The summed E-state index contributed by atoms with van der Waals surface area (Å²) in [5.74, 6) is 0.474. The van der Waals surface area contributed by atoms with E-state index in [1.54, 1.807) is 11.8 Å². The average molecular weight is 528 g/mol. The molecule has 34 heavy (non-hydrogen) atoms. The van der Waals surface area contributed by atoms with Crippen molar-refractivity contribution in [3.8, 4) is 11.5 Å². The normalized spacial score (nSPS) is 19.6. The summed E-state index contributed by atoms with van der Waals surface area (Å²) < 4.78 is 6.75. The summed E-state index contributed by atoms with van der Waals surface area (Å²) in [6, 6.07) is 22.2. The van der Waals surface area contributed by atoms with E-state index >= 15 is 0 Å². The van der Waals surface area contributed by atoms with Crippen molar-refractivity contribution in [2.75, 3.05) is 6.26 Å². The summed E-state index contributed by atoms with van der Waals surface area (Å²) in [7, 11) is 0. The number of para-hydroxylation sites is 1. The molecular formula is C26H19Cl2NO3S2. The molecule has 1 aromatic heterocycles. The third-order valence-corrected chi connectivity index (χ3v) is 8.73. The molecule has 0 saturated heterocycles. The quantitative estimate of drug-likeness (QED) is 0.214. The van der Waals surface area contributed by atoms with Gasteiger partial charge < -0.3 is 10.1 Å². The van der Waals surface area contributed by atoms with Crippen molar-refractivity contribution < 1.29 is 14.3 Å². The van der Waals surface area contributed by atoms with E-state index < -0.39 is 11.4 Å². The molecule has 1 fully saturated rings. The summed E-state index contributed by atoms with van der Waals surface area (Å²) in [6.07, 6.45) is 2.00. The number of carbonyl (C=O) groups excluding carboxylic acids is 2. The van der Waals surface area contributed by atoms with Gasteiger partial charge in [0.25, 0.3) is 5.91 Å². The lowest BCUT2D eigenvalue weighted by atomic mass is 9.73. The van der Waals surface area contributed by atoms with Gasteiger partial charge in [-0.1, -0.05) is 41.9 Å². The number of carbonyl (C=O) groups is 2. The van der Waals surface area contributed by atoms with Crippen LogP contribution in [-0.2, 0) is 4.79 Å². The van der Waals surface area contributed by atoms with Crippen molar-refractivity contribution in [2.24, 2.45) is 0 Å². The Morgan fingerprint density at radius 2 is 1.76 bits per heavy atom. The first kappa shape index (κ1) is 23.2. The molecule has 0 radical (unpaired) electrons. The molecule has 1 aliphatic carbocycles. The fourth-order valence-corrected chi connectivity index (χ4v) is 6.24. The second-order valence-corrected chi connectivity index (χ2v) is 10.7. The molecule has 3 unspecified atom stereocenters. The third-order valence-electron chi connectivity index (χ3n) is 5.82. The Morgan fingerprint density at radius 3 is 2.47 bits per heavy atom. The van der Waals surface area contributed by atoms with E-state index in [-0.39, 0.29) is 17.6 Å². The number of amides is 1. The van der Waals surface area contributed by atoms with Crippen LogP contribution in [0.2, 0.25) is 5.02 Å². The van der Waals surface area contributed by atoms with Crippen LogP contribution in [0.4, 0.5) is 0 Å². The number of fused-ring (bicyclic) bond motifs is 1. The van der Waals surface area contributed by atoms with Gasteiger partial charge in [-0.15, -0.1) is 34.7 Å². The predicted octanol–water partition coefficient (Wildman–Crippen LogP) is 7.14. The number of thioether (sulfide) groups is 1. The van der Waals surface area contributed by atoms with Crippen LogP contribution in [0.25, 0.3) is 10.1 Å². The van der Waals surface area contributed by atoms with Crippen LogP contribution in [0.5, 0.6) is 11.5 Å². The zero-order valence-corrected chi connectivity index (χ0v) is 21.1. The van der Waals surface area contributed by atoms with Gasteiger partial charge in [0.2, 0.25) is 0 Å². The van der Waals surface area contributed by atoms with E-state index in [0.29, 0.717) is 21.4 Å². The molecule has 1 N–H and O–H groups in total. The lowest BCUT2D eigenvalue weighted by Crippen LogP contribution is -2.60. The average Bonchev–Trinajstić information content (AvgIpc) is 3.20. The lowest BCUT2D eigenvalue weighted by molar-refractivity contribution is -0.127. The third kappa shape index (κ3) is 4.31. The first-order chi connectivity index (χ1) is 16.5. The summed E-state index contributed by atoms with van der Waals surface area (Å²) in [5, 5.41) is 3.26. The maximum absolute atomic E-state index is 13.1. The van der Waals surface area contributed by atoms with E-state index in [1.165, 1.54) is 11.3 Å². The topological polar surface area (TPSA) is 55.4 Å². The Hall–Kier alpha value is -2.51. The molecule has 1 amide bonds. The summed E-state index contributed by atoms with van der Waals surface area (Å²) >= 11 is 15.9. The van der Waals surface area contributed by atoms with E-state index in [1.807, 2.05) is 79.1 Å². The van der Waals surface area contributed by atoms with Crippen molar-refractivity contribution in [2.45, 2.75) is 22.2 Å². The van der Waals surface area contributed by atoms with Gasteiger partial charge in [-0.2, -0.15) is 0 Å². The van der Waals surface area contributed by atoms with Crippen LogP contribution in [0.15, 0.2) is 77.7 Å². The minimum atomic E-state index is -0.687. The number of thiophene rings is 1. The molecule has 5 rings (SSSR count). The summed E-state index contributed by atoms with van der Waals surface area (Å²) in [5.41, 5.74) is 0.924. The van der Waals surface area contributed by atoms with E-state index in [0.717, 1.165) is 20.5 Å². The first-order valence-corrected chi connectivity index (χ1v) is 13.4. The number of ether oxygens (including phenoxy) is 1. The molecule has 172 valence electrons. The Labute approximate surface area is 215 Å². The molecule has 3 atom stereocenters. The Kier molecular flexibility index (Phi) is 6.58. The van der Waals surface area contributed by atoms with E-state index in [2.05, 4.69) is 5.32 Å². The Balaban J connectivity index is 1.37. The number of alkyl halides is 1. The zero-order chi connectivity index (χ0) is 23.8. The Morgan fingerprint density at radius 1 is 1.03 bits per heavy atom. The maximum Gasteiger partial charge on any atom is 0.263 e. The first-order valence-electron chi connectivity index (χ1n) is 10.5. The van der Waals surface area contributed by atoms with Crippen LogP contribution in [0.1, 0.15) is 21.2 Å². The van der Waals surface area contributed by atoms with Crippen molar-refractivity contribution in [3.05, 3.63) is 88.3 Å². The molecule has 4 nitrogen and oxygen atoms in total. The fraction of sp³-hybridized carbons (Fsp3) is 0.154. The molecular weight excluding hydrogens is 509 g/mol. The number of nitrogens with one attached hydrogen (secondary N) is 1. The van der Waals surface area contributed by atoms with Crippen LogP contribution in [0.3, 0.4) is 0 Å². The molecule has 0 aliphatic heterocycles. The highest BCUT2D eigenvalue weighted by Gasteiger charge is 2.50. The second-order valence-electron chi connectivity index (χ2n) is 7.87. The van der Waals surface area contributed by atoms with Crippen LogP contribution >= 0.6 is 46.3 Å². The van der Waals surface area contributed by atoms with Gasteiger partial charge >= 0.3 is 0 Å². The molecule has 0 bridgehead atoms. The van der Waals surface area contributed by atoms with Gasteiger partial charge in [0.1, 0.15) is 21.8 Å². The minimum Gasteiger partial charge on any atom is -0.457 e.